The Labute approximate surface area is 104 Å². The molecule has 0 spiro atoms. The summed E-state index contributed by atoms with van der Waals surface area (Å²) in [5.74, 6) is 1.30. The SMILES string of the molecule is CC(N)C1CCCN(C(=O)CC2C=CCC2)C1. The minimum absolute atomic E-state index is 0.206. The number of amides is 1. The lowest BCUT2D eigenvalue weighted by Gasteiger charge is -2.35. The molecule has 2 aliphatic rings. The summed E-state index contributed by atoms with van der Waals surface area (Å²) in [6.45, 7) is 3.85. The minimum atomic E-state index is 0.206. The number of rotatable bonds is 3. The van der Waals surface area contributed by atoms with Crippen molar-refractivity contribution < 1.29 is 4.79 Å². The van der Waals surface area contributed by atoms with Crippen LogP contribution in [-0.2, 0) is 4.79 Å². The number of carbonyl (C=O) groups excluding carboxylic acids is 1. The molecule has 1 heterocycles. The van der Waals surface area contributed by atoms with Crippen molar-refractivity contribution in [3.05, 3.63) is 12.2 Å². The molecule has 1 amide bonds. The molecule has 17 heavy (non-hydrogen) atoms. The average Bonchev–Trinajstić information content (AvgIpc) is 2.82. The number of nitrogens with zero attached hydrogens (tertiary/aromatic N) is 1. The van der Waals surface area contributed by atoms with Crippen molar-refractivity contribution in [1.29, 1.82) is 0 Å². The molecule has 3 nitrogen and oxygen atoms in total. The Morgan fingerprint density at radius 1 is 1.53 bits per heavy atom. The van der Waals surface area contributed by atoms with Gasteiger partial charge in [0, 0.05) is 25.6 Å². The number of likely N-dealkylation sites (tertiary alicyclic amines) is 1. The highest BCUT2D eigenvalue weighted by Gasteiger charge is 2.26. The first-order valence-corrected chi connectivity index (χ1v) is 6.87. The van der Waals surface area contributed by atoms with E-state index in [0.29, 0.717) is 24.2 Å². The van der Waals surface area contributed by atoms with Gasteiger partial charge >= 0.3 is 0 Å². The molecule has 2 rings (SSSR count). The molecule has 3 heteroatoms. The third-order valence-electron chi connectivity index (χ3n) is 4.10. The van der Waals surface area contributed by atoms with Gasteiger partial charge in [-0.1, -0.05) is 12.2 Å². The summed E-state index contributed by atoms with van der Waals surface area (Å²) < 4.78 is 0. The van der Waals surface area contributed by atoms with E-state index in [4.69, 9.17) is 5.73 Å². The van der Waals surface area contributed by atoms with E-state index in [9.17, 15) is 4.79 Å². The van der Waals surface area contributed by atoms with Crippen LogP contribution in [0.5, 0.6) is 0 Å². The first-order chi connectivity index (χ1) is 8.16. The van der Waals surface area contributed by atoms with E-state index in [-0.39, 0.29) is 6.04 Å². The number of nitrogens with two attached hydrogens (primary N) is 1. The first-order valence-electron chi connectivity index (χ1n) is 6.87. The molecule has 1 fully saturated rings. The summed E-state index contributed by atoms with van der Waals surface area (Å²) in [6.07, 6.45) is 9.66. The van der Waals surface area contributed by atoms with Crippen molar-refractivity contribution in [2.24, 2.45) is 17.6 Å². The second kappa shape index (κ2) is 5.67. The maximum Gasteiger partial charge on any atom is 0.223 e. The van der Waals surface area contributed by atoms with Gasteiger partial charge in [0.1, 0.15) is 0 Å². The average molecular weight is 236 g/mol. The fourth-order valence-corrected chi connectivity index (χ4v) is 2.88. The zero-order chi connectivity index (χ0) is 12.3. The lowest BCUT2D eigenvalue weighted by Crippen LogP contribution is -2.45. The fraction of sp³-hybridized carbons (Fsp3) is 0.786. The monoisotopic (exact) mass is 236 g/mol. The van der Waals surface area contributed by atoms with Crippen molar-refractivity contribution in [3.63, 3.8) is 0 Å². The summed E-state index contributed by atoms with van der Waals surface area (Å²) in [5, 5.41) is 0. The minimum Gasteiger partial charge on any atom is -0.342 e. The van der Waals surface area contributed by atoms with E-state index in [1.807, 2.05) is 4.90 Å². The van der Waals surface area contributed by atoms with Crippen molar-refractivity contribution in [2.45, 2.75) is 45.1 Å². The van der Waals surface area contributed by atoms with Gasteiger partial charge in [0.2, 0.25) is 5.91 Å². The molecule has 0 bridgehead atoms. The van der Waals surface area contributed by atoms with E-state index in [1.54, 1.807) is 0 Å². The molecule has 1 aliphatic carbocycles. The number of allylic oxidation sites excluding steroid dienone is 2. The lowest BCUT2D eigenvalue weighted by molar-refractivity contribution is -0.133. The van der Waals surface area contributed by atoms with Crippen LogP contribution in [0.3, 0.4) is 0 Å². The van der Waals surface area contributed by atoms with Crippen LogP contribution in [0, 0.1) is 11.8 Å². The molecule has 0 radical (unpaired) electrons. The van der Waals surface area contributed by atoms with Crippen LogP contribution in [0.1, 0.15) is 39.0 Å². The van der Waals surface area contributed by atoms with E-state index in [0.717, 1.165) is 32.4 Å². The quantitative estimate of drug-likeness (QED) is 0.761. The maximum absolute atomic E-state index is 12.2. The van der Waals surface area contributed by atoms with Gasteiger partial charge in [-0.3, -0.25) is 4.79 Å². The van der Waals surface area contributed by atoms with Crippen LogP contribution in [0.15, 0.2) is 12.2 Å². The highest BCUT2D eigenvalue weighted by Crippen LogP contribution is 2.24. The van der Waals surface area contributed by atoms with Crippen LogP contribution in [0.25, 0.3) is 0 Å². The molecular weight excluding hydrogens is 212 g/mol. The topological polar surface area (TPSA) is 46.3 Å². The third-order valence-corrected chi connectivity index (χ3v) is 4.10. The molecule has 0 aromatic heterocycles. The normalized spacial score (nSPS) is 30.6. The zero-order valence-corrected chi connectivity index (χ0v) is 10.8. The largest absolute Gasteiger partial charge is 0.342 e. The molecule has 96 valence electrons. The van der Waals surface area contributed by atoms with Gasteiger partial charge in [-0.2, -0.15) is 0 Å². The van der Waals surface area contributed by atoms with Crippen LogP contribution in [0.2, 0.25) is 0 Å². The van der Waals surface area contributed by atoms with Gasteiger partial charge in [-0.25, -0.2) is 0 Å². The molecule has 1 saturated heterocycles. The third kappa shape index (κ3) is 3.32. The fourth-order valence-electron chi connectivity index (χ4n) is 2.88. The smallest absolute Gasteiger partial charge is 0.223 e. The van der Waals surface area contributed by atoms with Gasteiger partial charge in [-0.15, -0.1) is 0 Å². The molecule has 1 aliphatic heterocycles. The Bertz CT molecular complexity index is 299. The summed E-state index contributed by atoms with van der Waals surface area (Å²) in [4.78, 5) is 14.2. The maximum atomic E-state index is 12.2. The standard InChI is InChI=1S/C14H24N2O/c1-11(15)13-7-4-8-16(10-13)14(17)9-12-5-2-3-6-12/h2,5,11-13H,3-4,6-10,15H2,1H3. The Morgan fingerprint density at radius 3 is 3.00 bits per heavy atom. The predicted molar refractivity (Wildman–Crippen MR) is 69.4 cm³/mol. The lowest BCUT2D eigenvalue weighted by atomic mass is 9.91. The Balaban J connectivity index is 1.83. The number of carbonyl (C=O) groups is 1. The Morgan fingerprint density at radius 2 is 2.35 bits per heavy atom. The Hall–Kier alpha value is -0.830. The Kier molecular flexibility index (Phi) is 4.21. The van der Waals surface area contributed by atoms with Gasteiger partial charge in [0.15, 0.2) is 0 Å². The van der Waals surface area contributed by atoms with Gasteiger partial charge in [0.05, 0.1) is 0 Å². The predicted octanol–water partition coefficient (Wildman–Crippen LogP) is 1.93. The van der Waals surface area contributed by atoms with Gasteiger partial charge in [0.25, 0.3) is 0 Å². The van der Waals surface area contributed by atoms with E-state index < -0.39 is 0 Å². The second-order valence-corrected chi connectivity index (χ2v) is 5.57. The van der Waals surface area contributed by atoms with Gasteiger partial charge < -0.3 is 10.6 Å². The number of piperidine rings is 1. The van der Waals surface area contributed by atoms with E-state index in [1.165, 1.54) is 6.42 Å². The van der Waals surface area contributed by atoms with E-state index >= 15 is 0 Å². The van der Waals surface area contributed by atoms with E-state index in [2.05, 4.69) is 19.1 Å². The molecule has 0 saturated carbocycles. The van der Waals surface area contributed by atoms with Crippen LogP contribution in [0.4, 0.5) is 0 Å². The molecule has 3 unspecified atom stereocenters. The summed E-state index contributed by atoms with van der Waals surface area (Å²) >= 11 is 0. The van der Waals surface area contributed by atoms with Crippen molar-refractivity contribution in [1.82, 2.24) is 4.90 Å². The second-order valence-electron chi connectivity index (χ2n) is 5.57. The molecular formula is C14H24N2O. The van der Waals surface area contributed by atoms with Crippen molar-refractivity contribution in [3.8, 4) is 0 Å². The molecule has 0 aromatic rings. The zero-order valence-electron chi connectivity index (χ0n) is 10.8. The first kappa shape index (κ1) is 12.6. The van der Waals surface area contributed by atoms with Crippen LogP contribution >= 0.6 is 0 Å². The number of hydrogen-bond donors (Lipinski definition) is 1. The summed E-state index contributed by atoms with van der Waals surface area (Å²) in [6, 6.07) is 0.206. The van der Waals surface area contributed by atoms with Crippen LogP contribution < -0.4 is 5.73 Å². The number of hydrogen-bond acceptors (Lipinski definition) is 2. The molecule has 3 atom stereocenters. The molecule has 2 N–H and O–H groups in total. The molecule has 0 aromatic carbocycles. The van der Waals surface area contributed by atoms with Crippen molar-refractivity contribution in [2.75, 3.05) is 13.1 Å². The van der Waals surface area contributed by atoms with Crippen molar-refractivity contribution >= 4 is 5.91 Å². The summed E-state index contributed by atoms with van der Waals surface area (Å²) in [7, 11) is 0. The summed E-state index contributed by atoms with van der Waals surface area (Å²) in [5.41, 5.74) is 5.94. The van der Waals surface area contributed by atoms with Crippen LogP contribution in [-0.4, -0.2) is 29.9 Å². The highest BCUT2D eigenvalue weighted by atomic mass is 16.2. The van der Waals surface area contributed by atoms with Gasteiger partial charge in [-0.05, 0) is 44.4 Å². The highest BCUT2D eigenvalue weighted by molar-refractivity contribution is 5.76.